The number of likely N-dealkylation sites (N-methyl/N-ethyl adjacent to an activating group) is 1. The maximum atomic E-state index is 12.3. The van der Waals surface area contributed by atoms with Gasteiger partial charge in [-0.3, -0.25) is 9.48 Å². The Hall–Kier alpha value is -3.79. The fourth-order valence-electron chi connectivity index (χ4n) is 3.61. The van der Waals surface area contributed by atoms with Crippen LogP contribution in [-0.2, 0) is 7.05 Å². The molecule has 10 nitrogen and oxygen atoms in total. The molecule has 0 radical (unpaired) electrons. The molecule has 1 N–H and O–H groups in total. The molecule has 5 heterocycles. The van der Waals surface area contributed by atoms with Crippen molar-refractivity contribution in [3.63, 3.8) is 0 Å². The summed E-state index contributed by atoms with van der Waals surface area (Å²) in [6, 6.07) is 4.38. The number of carbonyl (C=O) groups is 1. The molecule has 10 heteroatoms. The van der Waals surface area contributed by atoms with Crippen molar-refractivity contribution in [2.45, 2.75) is 6.04 Å². The van der Waals surface area contributed by atoms with Crippen LogP contribution >= 0.6 is 0 Å². The Morgan fingerprint density at radius 1 is 1.23 bits per heavy atom. The normalized spacial score (nSPS) is 14.3. The van der Waals surface area contributed by atoms with Gasteiger partial charge in [0.25, 0.3) is 5.91 Å². The highest BCUT2D eigenvalue weighted by Crippen LogP contribution is 2.35. The maximum Gasteiger partial charge on any atom is 0.278 e. The van der Waals surface area contributed by atoms with E-state index in [1.54, 1.807) is 16.9 Å². The lowest BCUT2D eigenvalue weighted by atomic mass is 10.0. The summed E-state index contributed by atoms with van der Waals surface area (Å²) < 4.78 is 6.63. The number of oxazole rings is 1. The van der Waals surface area contributed by atoms with Crippen LogP contribution in [0.1, 0.15) is 10.5 Å². The standard InChI is InChI=1S/C21H22N8O2/c1-27(2)15-9-29(10-15)18-4-13-6-22-19(26-21(30)17-11-31-12-23-17)5-16(13)25-20(18)14-7-24-28(3)8-14/h4-8,11-12,15H,9-10H2,1-3H3,(H,22,26,30). The number of pyridine rings is 2. The van der Waals surface area contributed by atoms with Crippen molar-refractivity contribution < 1.29 is 9.21 Å². The van der Waals surface area contributed by atoms with Crippen molar-refractivity contribution in [2.24, 2.45) is 7.05 Å². The maximum absolute atomic E-state index is 12.3. The Labute approximate surface area is 178 Å². The molecule has 5 rings (SSSR count). The molecule has 31 heavy (non-hydrogen) atoms. The van der Waals surface area contributed by atoms with Gasteiger partial charge in [0.1, 0.15) is 12.1 Å². The second kappa shape index (κ2) is 7.47. The fraction of sp³-hybridized carbons (Fsp3) is 0.286. The van der Waals surface area contributed by atoms with E-state index in [2.05, 4.69) is 50.3 Å². The number of nitrogens with one attached hydrogen (secondary N) is 1. The van der Waals surface area contributed by atoms with Gasteiger partial charge in [-0.25, -0.2) is 15.0 Å². The SMILES string of the molecule is CN(C)C1CN(c2cc3cnc(NC(=O)c4cocn4)cc3nc2-c2cnn(C)c2)C1. The van der Waals surface area contributed by atoms with Crippen LogP contribution < -0.4 is 10.2 Å². The Kier molecular flexibility index (Phi) is 4.63. The summed E-state index contributed by atoms with van der Waals surface area (Å²) in [7, 11) is 6.08. The third-order valence-electron chi connectivity index (χ3n) is 5.50. The number of amides is 1. The molecule has 1 fully saturated rings. The van der Waals surface area contributed by atoms with E-state index in [1.165, 1.54) is 12.7 Å². The second-order valence-electron chi connectivity index (χ2n) is 7.87. The molecule has 0 saturated carbocycles. The summed E-state index contributed by atoms with van der Waals surface area (Å²) in [6.45, 7) is 1.87. The van der Waals surface area contributed by atoms with E-state index >= 15 is 0 Å². The molecular formula is C21H22N8O2. The molecule has 158 valence electrons. The van der Waals surface area contributed by atoms with E-state index in [4.69, 9.17) is 9.40 Å². The number of nitrogens with zero attached hydrogens (tertiary/aromatic N) is 7. The zero-order valence-corrected chi connectivity index (χ0v) is 17.5. The van der Waals surface area contributed by atoms with E-state index in [1.807, 2.05) is 19.4 Å². The van der Waals surface area contributed by atoms with Crippen molar-refractivity contribution in [2.75, 3.05) is 37.4 Å². The molecule has 4 aromatic rings. The third-order valence-corrected chi connectivity index (χ3v) is 5.50. The van der Waals surface area contributed by atoms with E-state index in [0.717, 1.165) is 40.9 Å². The zero-order valence-electron chi connectivity index (χ0n) is 17.5. The van der Waals surface area contributed by atoms with Crippen molar-refractivity contribution in [1.29, 1.82) is 0 Å². The quantitative estimate of drug-likeness (QED) is 0.525. The number of hydrogen-bond donors (Lipinski definition) is 1. The summed E-state index contributed by atoms with van der Waals surface area (Å²) >= 11 is 0. The summed E-state index contributed by atoms with van der Waals surface area (Å²) in [5.74, 6) is 0.00881. The highest BCUT2D eigenvalue weighted by Gasteiger charge is 2.31. The molecule has 1 amide bonds. The van der Waals surface area contributed by atoms with Gasteiger partial charge in [-0.2, -0.15) is 5.10 Å². The van der Waals surface area contributed by atoms with Gasteiger partial charge in [-0.05, 0) is 20.2 Å². The topological polar surface area (TPSA) is 105 Å². The number of carbonyl (C=O) groups excluding carboxylic acids is 1. The molecule has 0 aromatic carbocycles. The highest BCUT2D eigenvalue weighted by molar-refractivity contribution is 6.03. The molecular weight excluding hydrogens is 396 g/mol. The predicted octanol–water partition coefficient (Wildman–Crippen LogP) is 2.02. The summed E-state index contributed by atoms with van der Waals surface area (Å²) in [4.78, 5) is 30.0. The summed E-state index contributed by atoms with van der Waals surface area (Å²) in [6.07, 6.45) is 7.99. The van der Waals surface area contributed by atoms with Gasteiger partial charge in [-0.1, -0.05) is 0 Å². The van der Waals surface area contributed by atoms with Crippen LogP contribution in [0, 0.1) is 0 Å². The predicted molar refractivity (Wildman–Crippen MR) is 116 cm³/mol. The molecule has 0 bridgehead atoms. The third kappa shape index (κ3) is 3.61. The van der Waals surface area contributed by atoms with Gasteiger partial charge in [-0.15, -0.1) is 0 Å². The van der Waals surface area contributed by atoms with E-state index in [9.17, 15) is 4.79 Å². The van der Waals surface area contributed by atoms with Crippen LogP contribution in [0.2, 0.25) is 0 Å². The Balaban J connectivity index is 1.52. The average molecular weight is 418 g/mol. The molecule has 0 spiro atoms. The Morgan fingerprint density at radius 3 is 2.74 bits per heavy atom. The van der Waals surface area contributed by atoms with Crippen LogP contribution in [0.4, 0.5) is 11.5 Å². The molecule has 1 aliphatic heterocycles. The number of anilines is 2. The average Bonchev–Trinajstić information content (AvgIpc) is 3.38. The molecule has 4 aromatic heterocycles. The minimum atomic E-state index is -0.389. The fourth-order valence-corrected chi connectivity index (χ4v) is 3.61. The first-order valence-electron chi connectivity index (χ1n) is 9.88. The van der Waals surface area contributed by atoms with Gasteiger partial charge >= 0.3 is 0 Å². The number of fused-ring (bicyclic) bond motifs is 1. The van der Waals surface area contributed by atoms with Gasteiger partial charge in [0.15, 0.2) is 12.1 Å². The Bertz CT molecular complexity index is 1240. The van der Waals surface area contributed by atoms with Crippen molar-refractivity contribution in [3.8, 4) is 11.3 Å². The first kappa shape index (κ1) is 19.2. The number of aryl methyl sites for hydroxylation is 1. The Morgan fingerprint density at radius 2 is 2.06 bits per heavy atom. The van der Waals surface area contributed by atoms with E-state index < -0.39 is 0 Å². The van der Waals surface area contributed by atoms with Crippen LogP contribution in [0.15, 0.2) is 47.8 Å². The number of rotatable bonds is 5. The van der Waals surface area contributed by atoms with Crippen LogP contribution in [-0.4, -0.2) is 68.8 Å². The first-order chi connectivity index (χ1) is 15.0. The van der Waals surface area contributed by atoms with Crippen molar-refractivity contribution >= 4 is 28.3 Å². The lowest BCUT2D eigenvalue weighted by Crippen LogP contribution is -2.57. The monoisotopic (exact) mass is 418 g/mol. The van der Waals surface area contributed by atoms with Crippen molar-refractivity contribution in [3.05, 3.63) is 49.1 Å². The lowest BCUT2D eigenvalue weighted by molar-refractivity contribution is 0.102. The minimum absolute atomic E-state index is 0.189. The smallest absolute Gasteiger partial charge is 0.278 e. The number of aromatic nitrogens is 5. The largest absolute Gasteiger partial charge is 0.451 e. The molecule has 0 aliphatic carbocycles. The van der Waals surface area contributed by atoms with E-state index in [-0.39, 0.29) is 11.6 Å². The molecule has 1 aliphatic rings. The van der Waals surface area contributed by atoms with Gasteiger partial charge in [0, 0.05) is 55.6 Å². The van der Waals surface area contributed by atoms with Crippen LogP contribution in [0.3, 0.4) is 0 Å². The minimum Gasteiger partial charge on any atom is -0.451 e. The molecule has 1 saturated heterocycles. The van der Waals surface area contributed by atoms with Crippen LogP contribution in [0.5, 0.6) is 0 Å². The lowest BCUT2D eigenvalue weighted by Gasteiger charge is -2.44. The van der Waals surface area contributed by atoms with Gasteiger partial charge in [0.2, 0.25) is 0 Å². The molecule has 0 unspecified atom stereocenters. The summed E-state index contributed by atoms with van der Waals surface area (Å²) in [5.41, 5.74) is 3.78. The summed E-state index contributed by atoms with van der Waals surface area (Å²) in [5, 5.41) is 7.94. The van der Waals surface area contributed by atoms with E-state index in [0.29, 0.717) is 11.9 Å². The highest BCUT2D eigenvalue weighted by atomic mass is 16.3. The first-order valence-corrected chi connectivity index (χ1v) is 9.88. The van der Waals surface area contributed by atoms with Gasteiger partial charge < -0.3 is 19.5 Å². The van der Waals surface area contributed by atoms with Crippen LogP contribution in [0.25, 0.3) is 22.2 Å². The van der Waals surface area contributed by atoms with Crippen molar-refractivity contribution in [1.82, 2.24) is 29.6 Å². The van der Waals surface area contributed by atoms with Gasteiger partial charge in [0.05, 0.1) is 23.1 Å². The number of hydrogen-bond acceptors (Lipinski definition) is 8. The molecule has 0 atom stereocenters. The second-order valence-corrected chi connectivity index (χ2v) is 7.87. The zero-order chi connectivity index (χ0) is 21.5.